The highest BCUT2D eigenvalue weighted by molar-refractivity contribution is 5.79. The van der Waals surface area contributed by atoms with E-state index in [0.717, 1.165) is 11.1 Å². The van der Waals surface area contributed by atoms with Crippen molar-refractivity contribution in [3.8, 4) is 11.5 Å². The SMILES string of the molecule is COc1ccc(CC(=O)N2C[C@@H](CO)[C@H](c3ccncc3)C2)cc1OC. The molecule has 2 aromatic rings. The molecule has 0 radical (unpaired) electrons. The molecule has 3 rings (SSSR count). The Morgan fingerprint density at radius 2 is 1.88 bits per heavy atom. The van der Waals surface area contributed by atoms with E-state index in [2.05, 4.69) is 4.98 Å². The second kappa shape index (κ2) is 8.19. The Balaban J connectivity index is 1.71. The Hall–Kier alpha value is -2.60. The zero-order chi connectivity index (χ0) is 18.5. The number of hydrogen-bond acceptors (Lipinski definition) is 5. The van der Waals surface area contributed by atoms with Gasteiger partial charge in [0, 0.05) is 43.9 Å². The molecule has 0 saturated carbocycles. The highest BCUT2D eigenvalue weighted by Crippen LogP contribution is 2.33. The molecule has 0 aliphatic carbocycles. The number of carbonyl (C=O) groups is 1. The molecule has 1 aliphatic heterocycles. The van der Waals surface area contributed by atoms with Gasteiger partial charge in [-0.2, -0.15) is 0 Å². The number of ether oxygens (including phenoxy) is 2. The minimum absolute atomic E-state index is 0.0479. The van der Waals surface area contributed by atoms with Gasteiger partial charge in [-0.1, -0.05) is 6.07 Å². The third-order valence-electron chi connectivity index (χ3n) is 4.97. The monoisotopic (exact) mass is 356 g/mol. The van der Waals surface area contributed by atoms with Crippen LogP contribution in [0.1, 0.15) is 17.0 Å². The predicted octanol–water partition coefficient (Wildman–Crippen LogP) is 1.88. The first-order valence-electron chi connectivity index (χ1n) is 8.65. The third kappa shape index (κ3) is 3.80. The predicted molar refractivity (Wildman–Crippen MR) is 97.4 cm³/mol. The van der Waals surface area contributed by atoms with E-state index < -0.39 is 0 Å². The van der Waals surface area contributed by atoms with E-state index in [9.17, 15) is 9.90 Å². The number of aromatic nitrogens is 1. The summed E-state index contributed by atoms with van der Waals surface area (Å²) in [7, 11) is 3.16. The zero-order valence-electron chi connectivity index (χ0n) is 15.1. The fourth-order valence-electron chi connectivity index (χ4n) is 3.53. The second-order valence-corrected chi connectivity index (χ2v) is 6.49. The molecule has 1 aromatic carbocycles. The summed E-state index contributed by atoms with van der Waals surface area (Å²) in [6.45, 7) is 1.24. The maximum absolute atomic E-state index is 12.8. The van der Waals surface area contributed by atoms with E-state index in [0.29, 0.717) is 31.0 Å². The Labute approximate surface area is 153 Å². The van der Waals surface area contributed by atoms with Crippen molar-refractivity contribution < 1.29 is 19.4 Å². The van der Waals surface area contributed by atoms with Crippen molar-refractivity contribution in [2.75, 3.05) is 33.9 Å². The third-order valence-corrected chi connectivity index (χ3v) is 4.97. The van der Waals surface area contributed by atoms with Crippen molar-refractivity contribution in [1.29, 1.82) is 0 Å². The molecule has 26 heavy (non-hydrogen) atoms. The summed E-state index contributed by atoms with van der Waals surface area (Å²) in [6, 6.07) is 9.42. The summed E-state index contributed by atoms with van der Waals surface area (Å²) in [5.74, 6) is 1.49. The van der Waals surface area contributed by atoms with Crippen LogP contribution < -0.4 is 9.47 Å². The number of methoxy groups -OCH3 is 2. The minimum atomic E-state index is 0.0479. The molecule has 0 bridgehead atoms. The number of pyridine rings is 1. The molecular formula is C20H24N2O4. The summed E-state index contributed by atoms with van der Waals surface area (Å²) in [5.41, 5.74) is 1.99. The second-order valence-electron chi connectivity index (χ2n) is 6.49. The Morgan fingerprint density at radius 3 is 2.54 bits per heavy atom. The molecule has 1 aliphatic rings. The van der Waals surface area contributed by atoms with Crippen molar-refractivity contribution in [2.45, 2.75) is 12.3 Å². The van der Waals surface area contributed by atoms with Gasteiger partial charge in [0.25, 0.3) is 0 Å². The highest BCUT2D eigenvalue weighted by Gasteiger charge is 2.35. The molecule has 6 nitrogen and oxygen atoms in total. The zero-order valence-corrected chi connectivity index (χ0v) is 15.1. The van der Waals surface area contributed by atoms with Crippen molar-refractivity contribution in [3.63, 3.8) is 0 Å². The van der Waals surface area contributed by atoms with Crippen LogP contribution in [0.2, 0.25) is 0 Å². The van der Waals surface area contributed by atoms with Crippen LogP contribution in [-0.2, 0) is 11.2 Å². The lowest BCUT2D eigenvalue weighted by Gasteiger charge is -2.17. The average molecular weight is 356 g/mol. The van der Waals surface area contributed by atoms with E-state index in [-0.39, 0.29) is 24.3 Å². The number of aliphatic hydroxyl groups is 1. The largest absolute Gasteiger partial charge is 0.493 e. The Kier molecular flexibility index (Phi) is 5.73. The average Bonchev–Trinajstić information content (AvgIpc) is 3.13. The van der Waals surface area contributed by atoms with E-state index in [1.54, 1.807) is 26.6 Å². The number of likely N-dealkylation sites (tertiary alicyclic amines) is 1. The lowest BCUT2D eigenvalue weighted by Crippen LogP contribution is -2.30. The summed E-state index contributed by atoms with van der Waals surface area (Å²) >= 11 is 0. The molecule has 0 unspecified atom stereocenters. The van der Waals surface area contributed by atoms with Gasteiger partial charge in [-0.15, -0.1) is 0 Å². The summed E-state index contributed by atoms with van der Waals surface area (Å²) in [6.07, 6.45) is 3.79. The topological polar surface area (TPSA) is 71.9 Å². The minimum Gasteiger partial charge on any atom is -0.493 e. The summed E-state index contributed by atoms with van der Waals surface area (Å²) < 4.78 is 10.5. The van der Waals surface area contributed by atoms with Crippen LogP contribution in [0.25, 0.3) is 0 Å². The molecule has 2 heterocycles. The van der Waals surface area contributed by atoms with E-state index in [1.807, 2.05) is 35.2 Å². The molecule has 138 valence electrons. The first-order chi connectivity index (χ1) is 12.7. The quantitative estimate of drug-likeness (QED) is 0.856. The molecule has 6 heteroatoms. The fourth-order valence-corrected chi connectivity index (χ4v) is 3.53. The lowest BCUT2D eigenvalue weighted by molar-refractivity contribution is -0.129. The van der Waals surface area contributed by atoms with Crippen molar-refractivity contribution in [3.05, 3.63) is 53.9 Å². The number of carbonyl (C=O) groups excluding carboxylic acids is 1. The van der Waals surface area contributed by atoms with E-state index in [1.165, 1.54) is 0 Å². The maximum Gasteiger partial charge on any atom is 0.227 e. The number of aliphatic hydroxyl groups excluding tert-OH is 1. The number of amides is 1. The van der Waals surface area contributed by atoms with Crippen LogP contribution >= 0.6 is 0 Å². The molecule has 1 fully saturated rings. The molecule has 1 N–H and O–H groups in total. The molecule has 1 saturated heterocycles. The molecule has 0 spiro atoms. The normalized spacial score (nSPS) is 19.4. The van der Waals surface area contributed by atoms with Gasteiger partial charge in [-0.25, -0.2) is 0 Å². The first kappa shape index (κ1) is 18.2. The summed E-state index contributed by atoms with van der Waals surface area (Å²) in [5, 5.41) is 9.73. The summed E-state index contributed by atoms with van der Waals surface area (Å²) in [4.78, 5) is 18.6. The van der Waals surface area contributed by atoms with Crippen molar-refractivity contribution in [2.24, 2.45) is 5.92 Å². The van der Waals surface area contributed by atoms with Crippen LogP contribution in [0.3, 0.4) is 0 Å². The van der Waals surface area contributed by atoms with Crippen LogP contribution in [0, 0.1) is 5.92 Å². The Bertz CT molecular complexity index is 751. The number of rotatable bonds is 6. The van der Waals surface area contributed by atoms with Crippen LogP contribution in [0.4, 0.5) is 0 Å². The number of benzene rings is 1. The number of nitrogens with zero attached hydrogens (tertiary/aromatic N) is 2. The van der Waals surface area contributed by atoms with Gasteiger partial charge >= 0.3 is 0 Å². The van der Waals surface area contributed by atoms with Crippen LogP contribution in [0.15, 0.2) is 42.7 Å². The first-order valence-corrected chi connectivity index (χ1v) is 8.65. The molecule has 2 atom stereocenters. The van der Waals surface area contributed by atoms with Gasteiger partial charge < -0.3 is 19.5 Å². The van der Waals surface area contributed by atoms with Gasteiger partial charge in [0.05, 0.1) is 20.6 Å². The van der Waals surface area contributed by atoms with Gasteiger partial charge in [0.15, 0.2) is 11.5 Å². The maximum atomic E-state index is 12.8. The van der Waals surface area contributed by atoms with Crippen molar-refractivity contribution >= 4 is 5.91 Å². The van der Waals surface area contributed by atoms with E-state index in [4.69, 9.17) is 9.47 Å². The standard InChI is InChI=1S/C20H24N2O4/c1-25-18-4-3-14(9-19(18)26-2)10-20(24)22-11-16(13-23)17(12-22)15-5-7-21-8-6-15/h3-9,16-17,23H,10-13H2,1-2H3/t16-,17-/m0/s1. The van der Waals surface area contributed by atoms with Crippen molar-refractivity contribution in [1.82, 2.24) is 9.88 Å². The van der Waals surface area contributed by atoms with Gasteiger partial charge in [0.2, 0.25) is 5.91 Å². The Morgan fingerprint density at radius 1 is 1.15 bits per heavy atom. The van der Waals surface area contributed by atoms with Gasteiger partial charge in [0.1, 0.15) is 0 Å². The lowest BCUT2D eigenvalue weighted by atomic mass is 9.90. The number of hydrogen-bond donors (Lipinski definition) is 1. The van der Waals surface area contributed by atoms with E-state index >= 15 is 0 Å². The highest BCUT2D eigenvalue weighted by atomic mass is 16.5. The van der Waals surface area contributed by atoms with Gasteiger partial charge in [-0.05, 0) is 35.4 Å². The molecule has 1 amide bonds. The smallest absolute Gasteiger partial charge is 0.227 e. The van der Waals surface area contributed by atoms with Gasteiger partial charge in [-0.3, -0.25) is 9.78 Å². The van der Waals surface area contributed by atoms with Crippen LogP contribution in [-0.4, -0.2) is 54.8 Å². The molecular weight excluding hydrogens is 332 g/mol. The fraction of sp³-hybridized carbons (Fsp3) is 0.400. The van der Waals surface area contributed by atoms with Crippen LogP contribution in [0.5, 0.6) is 11.5 Å². The molecule has 1 aromatic heterocycles.